The number of hydrogen-bond acceptors (Lipinski definition) is 4. The second-order valence-corrected chi connectivity index (χ2v) is 7.33. The molecule has 2 aromatic carbocycles. The molecule has 2 N–H and O–H groups in total. The third kappa shape index (κ3) is 5.67. The highest BCUT2D eigenvalue weighted by Crippen LogP contribution is 2.11. The fraction of sp³-hybridized carbons (Fsp3) is 0.294. The SMILES string of the molecule is CN(C)CCNc1ccc(CNS(=O)(=O)c2ccccc2)cc1. The molecule has 0 aromatic heterocycles. The minimum Gasteiger partial charge on any atom is -0.384 e. The first-order valence-electron chi connectivity index (χ1n) is 7.49. The molecule has 0 aliphatic carbocycles. The van der Waals surface area contributed by atoms with Gasteiger partial charge in [0, 0.05) is 25.3 Å². The van der Waals surface area contributed by atoms with Crippen molar-refractivity contribution in [3.63, 3.8) is 0 Å². The number of hydrogen-bond donors (Lipinski definition) is 2. The number of nitrogens with zero attached hydrogens (tertiary/aromatic N) is 1. The van der Waals surface area contributed by atoms with Crippen LogP contribution in [0.1, 0.15) is 5.56 Å². The van der Waals surface area contributed by atoms with Gasteiger partial charge in [0.1, 0.15) is 0 Å². The lowest BCUT2D eigenvalue weighted by Crippen LogP contribution is -2.23. The lowest BCUT2D eigenvalue weighted by molar-refractivity contribution is 0.425. The van der Waals surface area contributed by atoms with Gasteiger partial charge < -0.3 is 10.2 Å². The fourth-order valence-electron chi connectivity index (χ4n) is 2.03. The van der Waals surface area contributed by atoms with Gasteiger partial charge in [-0.3, -0.25) is 0 Å². The third-order valence-electron chi connectivity index (χ3n) is 3.36. The molecule has 0 radical (unpaired) electrons. The van der Waals surface area contributed by atoms with E-state index in [0.717, 1.165) is 24.3 Å². The molecule has 0 saturated carbocycles. The summed E-state index contributed by atoms with van der Waals surface area (Å²) in [6.45, 7) is 2.10. The zero-order valence-electron chi connectivity index (χ0n) is 13.5. The summed E-state index contributed by atoms with van der Waals surface area (Å²) in [5, 5.41) is 3.32. The minimum atomic E-state index is -3.46. The van der Waals surface area contributed by atoms with Gasteiger partial charge in [0.25, 0.3) is 0 Å². The Kier molecular flexibility index (Phi) is 6.15. The van der Waals surface area contributed by atoms with Crippen LogP contribution in [-0.4, -0.2) is 40.5 Å². The number of likely N-dealkylation sites (N-methyl/N-ethyl adjacent to an activating group) is 1. The molecular weight excluding hydrogens is 310 g/mol. The van der Waals surface area contributed by atoms with Crippen molar-refractivity contribution >= 4 is 15.7 Å². The van der Waals surface area contributed by atoms with Crippen molar-refractivity contribution in [3.8, 4) is 0 Å². The summed E-state index contributed by atoms with van der Waals surface area (Å²) in [5.74, 6) is 0. The molecule has 23 heavy (non-hydrogen) atoms. The smallest absolute Gasteiger partial charge is 0.240 e. The largest absolute Gasteiger partial charge is 0.384 e. The molecule has 0 spiro atoms. The second-order valence-electron chi connectivity index (χ2n) is 5.56. The maximum atomic E-state index is 12.1. The van der Waals surface area contributed by atoms with Gasteiger partial charge in [-0.25, -0.2) is 13.1 Å². The molecule has 124 valence electrons. The van der Waals surface area contributed by atoms with E-state index >= 15 is 0 Å². The van der Waals surface area contributed by atoms with Crippen LogP contribution in [0.3, 0.4) is 0 Å². The Labute approximate surface area is 138 Å². The first kappa shape index (κ1) is 17.5. The van der Waals surface area contributed by atoms with E-state index in [9.17, 15) is 8.42 Å². The number of anilines is 1. The maximum absolute atomic E-state index is 12.1. The molecule has 0 atom stereocenters. The van der Waals surface area contributed by atoms with Gasteiger partial charge in [0.15, 0.2) is 0 Å². The van der Waals surface area contributed by atoms with Crippen LogP contribution in [-0.2, 0) is 16.6 Å². The molecule has 0 aliphatic heterocycles. The first-order chi connectivity index (χ1) is 11.0. The molecule has 2 aromatic rings. The molecular formula is C17H23N3O2S. The summed E-state index contributed by atoms with van der Waals surface area (Å²) in [6, 6.07) is 16.1. The van der Waals surface area contributed by atoms with Crippen LogP contribution in [0, 0.1) is 0 Å². The van der Waals surface area contributed by atoms with Gasteiger partial charge in [0.2, 0.25) is 10.0 Å². The van der Waals surface area contributed by atoms with Crippen molar-refractivity contribution in [1.29, 1.82) is 0 Å². The van der Waals surface area contributed by atoms with Crippen LogP contribution >= 0.6 is 0 Å². The van der Waals surface area contributed by atoms with Crippen LogP contribution in [0.15, 0.2) is 59.5 Å². The first-order valence-corrected chi connectivity index (χ1v) is 8.98. The lowest BCUT2D eigenvalue weighted by Gasteiger charge is -2.12. The Bertz CT molecular complexity index is 698. The molecule has 5 nitrogen and oxygen atoms in total. The highest BCUT2D eigenvalue weighted by atomic mass is 32.2. The molecule has 2 rings (SSSR count). The van der Waals surface area contributed by atoms with Gasteiger partial charge in [-0.2, -0.15) is 0 Å². The van der Waals surface area contributed by atoms with Crippen LogP contribution in [0.25, 0.3) is 0 Å². The topological polar surface area (TPSA) is 61.4 Å². The average Bonchev–Trinajstić information content (AvgIpc) is 2.55. The van der Waals surface area contributed by atoms with Gasteiger partial charge in [-0.05, 0) is 43.9 Å². The van der Waals surface area contributed by atoms with Gasteiger partial charge in [-0.1, -0.05) is 30.3 Å². The summed E-state index contributed by atoms with van der Waals surface area (Å²) < 4.78 is 26.9. The Balaban J connectivity index is 1.89. The van der Waals surface area contributed by atoms with Crippen LogP contribution in [0.4, 0.5) is 5.69 Å². The van der Waals surface area contributed by atoms with Crippen molar-refractivity contribution in [2.75, 3.05) is 32.5 Å². The highest BCUT2D eigenvalue weighted by Gasteiger charge is 2.12. The van der Waals surface area contributed by atoms with Crippen molar-refractivity contribution in [2.24, 2.45) is 0 Å². The number of benzene rings is 2. The minimum absolute atomic E-state index is 0.273. The fourth-order valence-corrected chi connectivity index (χ4v) is 3.06. The van der Waals surface area contributed by atoms with Gasteiger partial charge >= 0.3 is 0 Å². The standard InChI is InChI=1S/C17H23N3O2S/c1-20(2)13-12-18-16-10-8-15(9-11-16)14-19-23(21,22)17-6-4-3-5-7-17/h3-11,18-19H,12-14H2,1-2H3. The number of rotatable bonds is 8. The monoisotopic (exact) mass is 333 g/mol. The summed E-state index contributed by atoms with van der Waals surface area (Å²) in [4.78, 5) is 2.39. The van der Waals surface area contributed by atoms with Crippen molar-refractivity contribution < 1.29 is 8.42 Å². The molecule has 0 bridgehead atoms. The molecule has 6 heteroatoms. The Morgan fingerprint density at radius 2 is 1.61 bits per heavy atom. The molecule has 0 saturated heterocycles. The molecule has 0 amide bonds. The molecule has 0 unspecified atom stereocenters. The maximum Gasteiger partial charge on any atom is 0.240 e. The molecule has 0 fully saturated rings. The predicted molar refractivity (Wildman–Crippen MR) is 94.0 cm³/mol. The van der Waals surface area contributed by atoms with E-state index in [2.05, 4.69) is 14.9 Å². The summed E-state index contributed by atoms with van der Waals surface area (Å²) >= 11 is 0. The summed E-state index contributed by atoms with van der Waals surface area (Å²) in [5.41, 5.74) is 1.95. The number of sulfonamides is 1. The van der Waals surface area contributed by atoms with Crippen molar-refractivity contribution in [1.82, 2.24) is 9.62 Å². The van der Waals surface area contributed by atoms with Crippen LogP contribution in [0.2, 0.25) is 0 Å². The van der Waals surface area contributed by atoms with E-state index in [1.165, 1.54) is 0 Å². The average molecular weight is 333 g/mol. The number of nitrogens with one attached hydrogen (secondary N) is 2. The molecule has 0 heterocycles. The van der Waals surface area contributed by atoms with Crippen LogP contribution in [0.5, 0.6) is 0 Å². The van der Waals surface area contributed by atoms with E-state index in [0.29, 0.717) is 0 Å². The lowest BCUT2D eigenvalue weighted by atomic mass is 10.2. The summed E-state index contributed by atoms with van der Waals surface area (Å²) in [7, 11) is 0.599. The highest BCUT2D eigenvalue weighted by molar-refractivity contribution is 7.89. The summed E-state index contributed by atoms with van der Waals surface area (Å²) in [6.07, 6.45) is 0. The Morgan fingerprint density at radius 3 is 2.22 bits per heavy atom. The zero-order chi connectivity index (χ0) is 16.7. The Hall–Kier alpha value is -1.89. The van der Waals surface area contributed by atoms with Crippen LogP contribution < -0.4 is 10.0 Å². The normalized spacial score (nSPS) is 11.6. The Morgan fingerprint density at radius 1 is 0.957 bits per heavy atom. The van der Waals surface area contributed by atoms with Gasteiger partial charge in [-0.15, -0.1) is 0 Å². The van der Waals surface area contributed by atoms with E-state index in [1.54, 1.807) is 30.3 Å². The van der Waals surface area contributed by atoms with E-state index in [4.69, 9.17) is 0 Å². The second kappa shape index (κ2) is 8.10. The van der Waals surface area contributed by atoms with Crippen molar-refractivity contribution in [3.05, 3.63) is 60.2 Å². The van der Waals surface area contributed by atoms with E-state index < -0.39 is 10.0 Å². The predicted octanol–water partition coefficient (Wildman–Crippen LogP) is 2.14. The van der Waals surface area contributed by atoms with E-state index in [1.807, 2.05) is 38.4 Å². The zero-order valence-corrected chi connectivity index (χ0v) is 14.3. The molecule has 0 aliphatic rings. The van der Waals surface area contributed by atoms with Gasteiger partial charge in [0.05, 0.1) is 4.90 Å². The third-order valence-corrected chi connectivity index (χ3v) is 4.78. The quantitative estimate of drug-likeness (QED) is 0.777. The van der Waals surface area contributed by atoms with Crippen molar-refractivity contribution in [2.45, 2.75) is 11.4 Å². The van der Waals surface area contributed by atoms with E-state index in [-0.39, 0.29) is 11.4 Å².